The maximum atomic E-state index is 11.4. The average molecular weight is 196 g/mol. The van der Waals surface area contributed by atoms with E-state index in [-0.39, 0.29) is 17.9 Å². The highest BCUT2D eigenvalue weighted by molar-refractivity contribution is 5.78. The zero-order valence-corrected chi connectivity index (χ0v) is 9.05. The fourth-order valence-corrected chi connectivity index (χ4v) is 1.13. The number of hydrogen-bond donors (Lipinski definition) is 1. The minimum atomic E-state index is -0.199. The Morgan fingerprint density at radius 1 is 1.57 bits per heavy atom. The summed E-state index contributed by atoms with van der Waals surface area (Å²) >= 11 is 0. The number of aromatic nitrogens is 1. The van der Waals surface area contributed by atoms with E-state index in [4.69, 9.17) is 4.52 Å². The molecule has 0 fully saturated rings. The minimum Gasteiger partial charge on any atom is -0.361 e. The van der Waals surface area contributed by atoms with E-state index < -0.39 is 0 Å². The molecule has 0 atom stereocenters. The van der Waals surface area contributed by atoms with Crippen molar-refractivity contribution in [1.29, 1.82) is 0 Å². The Kier molecular flexibility index (Phi) is 2.93. The summed E-state index contributed by atoms with van der Waals surface area (Å²) in [6.07, 6.45) is 0.272. The van der Waals surface area contributed by atoms with Crippen molar-refractivity contribution < 1.29 is 9.32 Å². The molecule has 1 N–H and O–H groups in total. The number of nitrogens with zero attached hydrogens (tertiary/aromatic N) is 1. The van der Waals surface area contributed by atoms with Gasteiger partial charge in [0.05, 0.1) is 12.1 Å². The molecular formula is C10H16N2O2. The number of carbonyl (C=O) groups is 1. The van der Waals surface area contributed by atoms with Crippen LogP contribution in [0, 0.1) is 6.92 Å². The molecule has 1 heterocycles. The quantitative estimate of drug-likeness (QED) is 0.778. The molecule has 4 heteroatoms. The van der Waals surface area contributed by atoms with Gasteiger partial charge < -0.3 is 9.84 Å². The third-order valence-corrected chi connectivity index (χ3v) is 1.53. The number of amides is 1. The van der Waals surface area contributed by atoms with Crippen molar-refractivity contribution >= 4 is 5.91 Å². The van der Waals surface area contributed by atoms with Crippen molar-refractivity contribution in [3.8, 4) is 0 Å². The van der Waals surface area contributed by atoms with Gasteiger partial charge in [-0.05, 0) is 27.7 Å². The van der Waals surface area contributed by atoms with Crippen molar-refractivity contribution in [1.82, 2.24) is 10.5 Å². The molecule has 0 bridgehead atoms. The summed E-state index contributed by atoms with van der Waals surface area (Å²) in [5.41, 5.74) is 0.472. The van der Waals surface area contributed by atoms with Crippen molar-refractivity contribution in [2.75, 3.05) is 0 Å². The lowest BCUT2D eigenvalue weighted by Crippen LogP contribution is -2.41. The molecule has 0 saturated carbocycles. The van der Waals surface area contributed by atoms with E-state index in [9.17, 15) is 4.79 Å². The Morgan fingerprint density at radius 3 is 2.64 bits per heavy atom. The lowest BCUT2D eigenvalue weighted by Gasteiger charge is -2.19. The zero-order valence-electron chi connectivity index (χ0n) is 9.05. The summed E-state index contributed by atoms with van der Waals surface area (Å²) in [7, 11) is 0. The monoisotopic (exact) mass is 196 g/mol. The number of nitrogens with one attached hydrogen (secondary N) is 1. The van der Waals surface area contributed by atoms with E-state index in [1.54, 1.807) is 13.0 Å². The van der Waals surface area contributed by atoms with Gasteiger partial charge in [-0.1, -0.05) is 5.16 Å². The van der Waals surface area contributed by atoms with E-state index in [0.717, 1.165) is 5.76 Å². The summed E-state index contributed by atoms with van der Waals surface area (Å²) in [6, 6.07) is 1.77. The van der Waals surface area contributed by atoms with Crippen LogP contribution in [0.4, 0.5) is 0 Å². The third kappa shape index (κ3) is 3.60. The third-order valence-electron chi connectivity index (χ3n) is 1.53. The molecule has 0 aromatic carbocycles. The van der Waals surface area contributed by atoms with Crippen molar-refractivity contribution in [2.45, 2.75) is 39.7 Å². The topological polar surface area (TPSA) is 55.1 Å². The molecule has 1 amide bonds. The van der Waals surface area contributed by atoms with E-state index in [0.29, 0.717) is 5.69 Å². The van der Waals surface area contributed by atoms with Crippen molar-refractivity contribution in [3.63, 3.8) is 0 Å². The molecule has 0 unspecified atom stereocenters. The first-order valence-corrected chi connectivity index (χ1v) is 4.60. The lowest BCUT2D eigenvalue weighted by molar-refractivity contribution is -0.121. The largest absolute Gasteiger partial charge is 0.361 e. The second kappa shape index (κ2) is 3.82. The van der Waals surface area contributed by atoms with Crippen LogP contribution in [0.15, 0.2) is 10.6 Å². The van der Waals surface area contributed by atoms with E-state index in [1.807, 2.05) is 20.8 Å². The number of carbonyl (C=O) groups excluding carboxylic acids is 1. The van der Waals surface area contributed by atoms with Crippen LogP contribution in [0.25, 0.3) is 0 Å². The molecule has 1 aromatic heterocycles. The molecule has 0 saturated heterocycles. The Morgan fingerprint density at radius 2 is 2.21 bits per heavy atom. The Balaban J connectivity index is 2.50. The van der Waals surface area contributed by atoms with Gasteiger partial charge >= 0.3 is 0 Å². The predicted molar refractivity (Wildman–Crippen MR) is 52.8 cm³/mol. The Hall–Kier alpha value is -1.32. The molecule has 14 heavy (non-hydrogen) atoms. The van der Waals surface area contributed by atoms with Crippen LogP contribution in [0.5, 0.6) is 0 Å². The standard InChI is InChI=1S/C10H16N2O2/c1-7-5-8(12-14-7)6-9(13)11-10(2,3)4/h5H,6H2,1-4H3,(H,11,13). The molecule has 78 valence electrons. The summed E-state index contributed by atoms with van der Waals surface area (Å²) in [5, 5.41) is 6.61. The normalized spacial score (nSPS) is 11.4. The molecule has 4 nitrogen and oxygen atoms in total. The maximum absolute atomic E-state index is 11.4. The van der Waals surface area contributed by atoms with Gasteiger partial charge in [0.25, 0.3) is 0 Å². The van der Waals surface area contributed by atoms with Gasteiger partial charge in [-0.3, -0.25) is 4.79 Å². The number of aryl methyl sites for hydroxylation is 1. The molecular weight excluding hydrogens is 180 g/mol. The van der Waals surface area contributed by atoms with Crippen molar-refractivity contribution in [3.05, 3.63) is 17.5 Å². The van der Waals surface area contributed by atoms with E-state index in [2.05, 4.69) is 10.5 Å². The van der Waals surface area contributed by atoms with Crippen LogP contribution in [-0.4, -0.2) is 16.6 Å². The van der Waals surface area contributed by atoms with Crippen LogP contribution < -0.4 is 5.32 Å². The molecule has 0 aliphatic heterocycles. The van der Waals surface area contributed by atoms with Gasteiger partial charge in [-0.25, -0.2) is 0 Å². The van der Waals surface area contributed by atoms with Gasteiger partial charge in [0.2, 0.25) is 5.91 Å². The second-order valence-corrected chi connectivity index (χ2v) is 4.40. The van der Waals surface area contributed by atoms with Crippen LogP contribution in [0.2, 0.25) is 0 Å². The predicted octanol–water partition coefficient (Wildman–Crippen LogP) is 1.44. The van der Waals surface area contributed by atoms with E-state index in [1.165, 1.54) is 0 Å². The van der Waals surface area contributed by atoms with Crippen LogP contribution in [-0.2, 0) is 11.2 Å². The maximum Gasteiger partial charge on any atom is 0.226 e. The molecule has 0 radical (unpaired) electrons. The molecule has 1 aromatic rings. The van der Waals surface area contributed by atoms with Gasteiger partial charge in [-0.2, -0.15) is 0 Å². The summed E-state index contributed by atoms with van der Waals surface area (Å²) < 4.78 is 4.87. The van der Waals surface area contributed by atoms with Gasteiger partial charge in [0.15, 0.2) is 0 Å². The molecule has 0 aliphatic rings. The van der Waals surface area contributed by atoms with Gasteiger partial charge in [0.1, 0.15) is 5.76 Å². The second-order valence-electron chi connectivity index (χ2n) is 4.40. The zero-order chi connectivity index (χ0) is 10.8. The number of hydrogen-bond acceptors (Lipinski definition) is 3. The molecule has 0 aliphatic carbocycles. The van der Waals surface area contributed by atoms with E-state index >= 15 is 0 Å². The Bertz CT molecular complexity index is 323. The first kappa shape index (κ1) is 10.8. The van der Waals surface area contributed by atoms with Crippen molar-refractivity contribution in [2.24, 2.45) is 0 Å². The fourth-order valence-electron chi connectivity index (χ4n) is 1.13. The highest BCUT2D eigenvalue weighted by atomic mass is 16.5. The first-order valence-electron chi connectivity index (χ1n) is 4.60. The lowest BCUT2D eigenvalue weighted by atomic mass is 10.1. The first-order chi connectivity index (χ1) is 6.37. The molecule has 0 spiro atoms. The molecule has 1 rings (SSSR count). The van der Waals surface area contributed by atoms with Gasteiger partial charge in [-0.15, -0.1) is 0 Å². The minimum absolute atomic E-state index is 0.0363. The smallest absolute Gasteiger partial charge is 0.226 e. The SMILES string of the molecule is Cc1cc(CC(=O)NC(C)(C)C)no1. The summed E-state index contributed by atoms with van der Waals surface area (Å²) in [4.78, 5) is 11.4. The average Bonchev–Trinajstić information content (AvgIpc) is 2.30. The van der Waals surface area contributed by atoms with Gasteiger partial charge in [0, 0.05) is 11.6 Å². The summed E-state index contributed by atoms with van der Waals surface area (Å²) in [5.74, 6) is 0.689. The number of rotatable bonds is 2. The van der Waals surface area contributed by atoms with Crippen LogP contribution >= 0.6 is 0 Å². The fraction of sp³-hybridized carbons (Fsp3) is 0.600. The highest BCUT2D eigenvalue weighted by Crippen LogP contribution is 2.04. The van der Waals surface area contributed by atoms with Crippen LogP contribution in [0.3, 0.4) is 0 Å². The summed E-state index contributed by atoms with van der Waals surface area (Å²) in [6.45, 7) is 7.63. The van der Waals surface area contributed by atoms with Crippen LogP contribution in [0.1, 0.15) is 32.2 Å². The Labute approximate surface area is 83.7 Å². The highest BCUT2D eigenvalue weighted by Gasteiger charge is 2.15.